The van der Waals surface area contributed by atoms with Crippen LogP contribution in [-0.2, 0) is 13.0 Å². The smallest absolute Gasteiger partial charge is 0.323 e. The second kappa shape index (κ2) is 11.0. The van der Waals surface area contributed by atoms with Gasteiger partial charge in [-0.05, 0) is 74.3 Å². The Balaban J connectivity index is 1.14. The molecular weight excluding hydrogens is 504 g/mol. The molecule has 0 saturated heterocycles. The minimum atomic E-state index is -0.348. The zero-order valence-electron chi connectivity index (χ0n) is 22.3. The summed E-state index contributed by atoms with van der Waals surface area (Å²) < 4.78 is 7.86. The Kier molecular flexibility index (Phi) is 6.98. The molecule has 0 aliphatic carbocycles. The average Bonchev–Trinajstić information content (AvgIpc) is 3.65. The molecule has 202 valence electrons. The molecule has 0 unspecified atom stereocenters. The fraction of sp³-hybridized carbons (Fsp3) is 0.200. The number of fused-ring (bicyclic) bond motifs is 1. The summed E-state index contributed by atoms with van der Waals surface area (Å²) in [6, 6.07) is 17.0. The standard InChI is InChI=1S/C30H30N8O2/c1-19(2)38-18-28(29(37-38)21-3-4-22-15-31-11-9-20(22)13-21)36-30(39)35-24-5-7-25(8-6-24)40-26-10-12-32-27(14-26)23-16-33-34-17-23/h3-8,10,12-14,16-19,31H,9,11,15H2,1-2H3,(H,33,34)(H2,35,36,39). The predicted molar refractivity (Wildman–Crippen MR) is 154 cm³/mol. The Labute approximate surface area is 231 Å². The average molecular weight is 535 g/mol. The largest absolute Gasteiger partial charge is 0.457 e. The number of nitrogens with zero attached hydrogens (tertiary/aromatic N) is 4. The third-order valence-electron chi connectivity index (χ3n) is 6.75. The van der Waals surface area contributed by atoms with Crippen LogP contribution in [0.4, 0.5) is 16.2 Å². The van der Waals surface area contributed by atoms with Crippen LogP contribution in [-0.4, -0.2) is 37.5 Å². The van der Waals surface area contributed by atoms with Crippen molar-refractivity contribution in [2.24, 2.45) is 0 Å². The van der Waals surface area contributed by atoms with Crippen LogP contribution in [0.3, 0.4) is 0 Å². The van der Waals surface area contributed by atoms with E-state index in [-0.39, 0.29) is 12.1 Å². The number of carbonyl (C=O) groups excluding carboxylic acids is 1. The molecule has 2 amide bonds. The maximum Gasteiger partial charge on any atom is 0.323 e. The highest BCUT2D eigenvalue weighted by Gasteiger charge is 2.18. The van der Waals surface area contributed by atoms with E-state index < -0.39 is 0 Å². The lowest BCUT2D eigenvalue weighted by molar-refractivity contribution is 0.262. The molecular formula is C30H30N8O2. The second-order valence-electron chi connectivity index (χ2n) is 9.94. The van der Waals surface area contributed by atoms with Gasteiger partial charge >= 0.3 is 6.03 Å². The van der Waals surface area contributed by atoms with Crippen LogP contribution in [0.5, 0.6) is 11.5 Å². The van der Waals surface area contributed by atoms with Crippen LogP contribution in [0.2, 0.25) is 0 Å². The molecule has 0 spiro atoms. The van der Waals surface area contributed by atoms with Gasteiger partial charge in [0.25, 0.3) is 0 Å². The predicted octanol–water partition coefficient (Wildman–Crippen LogP) is 6.00. The summed E-state index contributed by atoms with van der Waals surface area (Å²) in [6.07, 6.45) is 8.03. The van der Waals surface area contributed by atoms with E-state index in [2.05, 4.69) is 63.2 Å². The Hall–Kier alpha value is -4.96. The fourth-order valence-corrected chi connectivity index (χ4v) is 4.64. The minimum absolute atomic E-state index is 0.155. The number of ether oxygens (including phenoxy) is 1. The van der Waals surface area contributed by atoms with Gasteiger partial charge in [0.1, 0.15) is 17.2 Å². The van der Waals surface area contributed by atoms with Crippen LogP contribution in [0.1, 0.15) is 31.0 Å². The number of aromatic nitrogens is 5. The van der Waals surface area contributed by atoms with Gasteiger partial charge < -0.3 is 20.7 Å². The molecule has 4 N–H and O–H groups in total. The van der Waals surface area contributed by atoms with Gasteiger partial charge in [0.05, 0.1) is 17.6 Å². The van der Waals surface area contributed by atoms with E-state index in [0.717, 1.165) is 42.0 Å². The molecule has 0 atom stereocenters. The van der Waals surface area contributed by atoms with Gasteiger partial charge in [-0.15, -0.1) is 0 Å². The summed E-state index contributed by atoms with van der Waals surface area (Å²) in [5.74, 6) is 1.29. The number of amides is 2. The van der Waals surface area contributed by atoms with Crippen molar-refractivity contribution >= 4 is 17.4 Å². The molecule has 2 aromatic carbocycles. The number of hydrogen-bond acceptors (Lipinski definition) is 6. The molecule has 1 aliphatic rings. The van der Waals surface area contributed by atoms with E-state index in [1.807, 2.05) is 16.9 Å². The maximum absolute atomic E-state index is 13.0. The monoisotopic (exact) mass is 534 g/mol. The number of pyridine rings is 1. The van der Waals surface area contributed by atoms with Gasteiger partial charge in [-0.1, -0.05) is 12.1 Å². The first kappa shape index (κ1) is 25.3. The zero-order valence-corrected chi connectivity index (χ0v) is 22.3. The zero-order chi connectivity index (χ0) is 27.5. The van der Waals surface area contributed by atoms with E-state index in [4.69, 9.17) is 9.84 Å². The Bertz CT molecular complexity index is 1620. The highest BCUT2D eigenvalue weighted by Crippen LogP contribution is 2.31. The third kappa shape index (κ3) is 5.57. The Morgan fingerprint density at radius 1 is 1.00 bits per heavy atom. The van der Waals surface area contributed by atoms with Gasteiger partial charge in [0.15, 0.2) is 0 Å². The number of hydrogen-bond donors (Lipinski definition) is 4. The molecule has 4 heterocycles. The van der Waals surface area contributed by atoms with Crippen molar-refractivity contribution in [3.8, 4) is 34.0 Å². The van der Waals surface area contributed by atoms with Crippen molar-refractivity contribution in [2.45, 2.75) is 32.9 Å². The number of aromatic amines is 1. The van der Waals surface area contributed by atoms with Gasteiger partial charge in [-0.2, -0.15) is 10.2 Å². The topological polar surface area (TPSA) is 122 Å². The number of rotatable bonds is 7. The number of H-pyrrole nitrogens is 1. The molecule has 0 saturated carbocycles. The van der Waals surface area contributed by atoms with Crippen molar-refractivity contribution in [1.82, 2.24) is 30.3 Å². The minimum Gasteiger partial charge on any atom is -0.457 e. The molecule has 6 rings (SSSR count). The molecule has 1 aliphatic heterocycles. The van der Waals surface area contributed by atoms with Crippen molar-refractivity contribution in [2.75, 3.05) is 17.2 Å². The quantitative estimate of drug-likeness (QED) is 0.203. The van der Waals surface area contributed by atoms with Gasteiger partial charge in [0.2, 0.25) is 0 Å². The highest BCUT2D eigenvalue weighted by molar-refractivity contribution is 6.01. The van der Waals surface area contributed by atoms with Crippen molar-refractivity contribution in [1.29, 1.82) is 0 Å². The molecule has 0 radical (unpaired) electrons. The van der Waals surface area contributed by atoms with Crippen LogP contribution in [0, 0.1) is 0 Å². The molecule has 3 aromatic heterocycles. The first-order valence-corrected chi connectivity index (χ1v) is 13.2. The van der Waals surface area contributed by atoms with Crippen LogP contribution >= 0.6 is 0 Å². The summed E-state index contributed by atoms with van der Waals surface area (Å²) in [5, 5.41) is 20.8. The molecule has 0 fully saturated rings. The maximum atomic E-state index is 13.0. The lowest BCUT2D eigenvalue weighted by Crippen LogP contribution is -2.23. The number of urea groups is 1. The molecule has 10 heteroatoms. The molecule has 40 heavy (non-hydrogen) atoms. The molecule has 5 aromatic rings. The van der Waals surface area contributed by atoms with Crippen LogP contribution < -0.4 is 20.7 Å². The van der Waals surface area contributed by atoms with E-state index in [9.17, 15) is 4.79 Å². The van der Waals surface area contributed by atoms with Crippen molar-refractivity contribution < 1.29 is 9.53 Å². The summed E-state index contributed by atoms with van der Waals surface area (Å²) in [5.41, 5.74) is 7.29. The second-order valence-corrected chi connectivity index (χ2v) is 9.94. The summed E-state index contributed by atoms with van der Waals surface area (Å²) in [7, 11) is 0. The van der Waals surface area contributed by atoms with Crippen molar-refractivity contribution in [3.05, 3.63) is 90.5 Å². The summed E-state index contributed by atoms with van der Waals surface area (Å²) >= 11 is 0. The van der Waals surface area contributed by atoms with Gasteiger partial charge in [0, 0.05) is 54.1 Å². The van der Waals surface area contributed by atoms with Gasteiger partial charge in [-0.25, -0.2) is 4.79 Å². The van der Waals surface area contributed by atoms with Gasteiger partial charge in [-0.3, -0.25) is 14.8 Å². The highest BCUT2D eigenvalue weighted by atomic mass is 16.5. The molecule has 10 nitrogen and oxygen atoms in total. The summed E-state index contributed by atoms with van der Waals surface area (Å²) in [6.45, 7) is 5.96. The van der Waals surface area contributed by atoms with E-state index in [1.54, 1.807) is 48.9 Å². The number of anilines is 2. The lowest BCUT2D eigenvalue weighted by atomic mass is 9.97. The number of benzene rings is 2. The van der Waals surface area contributed by atoms with Crippen molar-refractivity contribution in [3.63, 3.8) is 0 Å². The Morgan fingerprint density at radius 2 is 1.88 bits per heavy atom. The Morgan fingerprint density at radius 3 is 2.67 bits per heavy atom. The number of carbonyl (C=O) groups is 1. The van der Waals surface area contributed by atoms with Crippen LogP contribution in [0.15, 0.2) is 79.4 Å². The first-order chi connectivity index (χ1) is 19.5. The van der Waals surface area contributed by atoms with E-state index >= 15 is 0 Å². The normalized spacial score (nSPS) is 12.7. The van der Waals surface area contributed by atoms with E-state index in [0.29, 0.717) is 22.9 Å². The SMILES string of the molecule is CC(C)n1cc(NC(=O)Nc2ccc(Oc3ccnc(-c4cn[nH]c4)c3)cc2)c(-c2ccc3c(c2)CCNC3)n1. The third-order valence-corrected chi connectivity index (χ3v) is 6.75. The van der Waals surface area contributed by atoms with Crippen LogP contribution in [0.25, 0.3) is 22.5 Å². The first-order valence-electron chi connectivity index (χ1n) is 13.2. The lowest BCUT2D eigenvalue weighted by Gasteiger charge is -2.17. The van der Waals surface area contributed by atoms with E-state index in [1.165, 1.54) is 11.1 Å². The fourth-order valence-electron chi connectivity index (χ4n) is 4.64. The number of nitrogens with one attached hydrogen (secondary N) is 4. The summed E-state index contributed by atoms with van der Waals surface area (Å²) in [4.78, 5) is 17.3. The molecule has 0 bridgehead atoms.